The first-order valence-corrected chi connectivity index (χ1v) is 10.1. The molecule has 1 aromatic carbocycles. The quantitative estimate of drug-likeness (QED) is 0.490. The average molecular weight is 412 g/mol. The van der Waals surface area contributed by atoms with Crippen molar-refractivity contribution in [2.45, 2.75) is 39.7 Å². The number of carbonyl (C=O) groups is 3. The third-order valence-electron chi connectivity index (χ3n) is 5.43. The SMILES string of the molecule is COCC(C)n1c(C)cc(C(=O)COC(=O)c2cccc(N3CCCC3=O)c2)c1C. The number of aryl methyl sites for hydroxylation is 1. The van der Waals surface area contributed by atoms with E-state index < -0.39 is 5.97 Å². The molecule has 1 atom stereocenters. The van der Waals surface area contributed by atoms with Gasteiger partial charge in [-0.3, -0.25) is 9.59 Å². The molecular formula is C23H28N2O5. The Balaban J connectivity index is 1.67. The highest BCUT2D eigenvalue weighted by Crippen LogP contribution is 2.23. The van der Waals surface area contributed by atoms with E-state index in [1.54, 1.807) is 36.3 Å². The van der Waals surface area contributed by atoms with Crippen molar-refractivity contribution in [3.8, 4) is 0 Å². The highest BCUT2D eigenvalue weighted by molar-refractivity contribution is 6.01. The molecule has 7 nitrogen and oxygen atoms in total. The molecule has 0 bridgehead atoms. The van der Waals surface area contributed by atoms with Crippen LogP contribution in [0.15, 0.2) is 30.3 Å². The van der Waals surface area contributed by atoms with E-state index in [0.717, 1.165) is 17.8 Å². The normalized spacial score (nSPS) is 14.8. The summed E-state index contributed by atoms with van der Waals surface area (Å²) >= 11 is 0. The Hall–Kier alpha value is -2.93. The summed E-state index contributed by atoms with van der Waals surface area (Å²) in [6.07, 6.45) is 1.33. The molecule has 0 N–H and O–H groups in total. The topological polar surface area (TPSA) is 77.8 Å². The number of amides is 1. The van der Waals surface area contributed by atoms with Gasteiger partial charge in [0.25, 0.3) is 0 Å². The van der Waals surface area contributed by atoms with Gasteiger partial charge in [0, 0.05) is 42.7 Å². The van der Waals surface area contributed by atoms with Gasteiger partial charge in [-0.2, -0.15) is 0 Å². The molecule has 1 aromatic heterocycles. The second-order valence-corrected chi connectivity index (χ2v) is 7.66. The summed E-state index contributed by atoms with van der Waals surface area (Å²) in [6.45, 7) is 6.68. The number of esters is 1. The molecule has 1 fully saturated rings. The van der Waals surface area contributed by atoms with E-state index >= 15 is 0 Å². The molecule has 3 rings (SSSR count). The fraction of sp³-hybridized carbons (Fsp3) is 0.435. The summed E-state index contributed by atoms with van der Waals surface area (Å²) in [4.78, 5) is 38.8. The zero-order valence-electron chi connectivity index (χ0n) is 17.9. The van der Waals surface area contributed by atoms with Gasteiger partial charge in [0.2, 0.25) is 11.7 Å². The van der Waals surface area contributed by atoms with E-state index in [1.807, 2.05) is 26.8 Å². The number of aromatic nitrogens is 1. The predicted octanol–water partition coefficient (Wildman–Crippen LogP) is 3.48. The first kappa shape index (κ1) is 21.8. The summed E-state index contributed by atoms with van der Waals surface area (Å²) in [5.74, 6) is -0.787. The van der Waals surface area contributed by atoms with Crippen molar-refractivity contribution in [2.75, 3.05) is 31.8 Å². The van der Waals surface area contributed by atoms with Gasteiger partial charge in [0.05, 0.1) is 18.2 Å². The van der Waals surface area contributed by atoms with Gasteiger partial charge in [0.15, 0.2) is 6.61 Å². The molecule has 1 unspecified atom stereocenters. The molecule has 1 amide bonds. The van der Waals surface area contributed by atoms with Crippen LogP contribution in [0.5, 0.6) is 0 Å². The first-order chi connectivity index (χ1) is 14.3. The molecule has 1 aliphatic rings. The molecule has 1 saturated heterocycles. The van der Waals surface area contributed by atoms with Gasteiger partial charge >= 0.3 is 5.97 Å². The van der Waals surface area contributed by atoms with E-state index in [0.29, 0.717) is 36.4 Å². The summed E-state index contributed by atoms with van der Waals surface area (Å²) < 4.78 is 12.5. The molecular weight excluding hydrogens is 384 g/mol. The van der Waals surface area contributed by atoms with Gasteiger partial charge in [-0.15, -0.1) is 0 Å². The second kappa shape index (κ2) is 9.26. The third-order valence-corrected chi connectivity index (χ3v) is 5.43. The summed E-state index contributed by atoms with van der Waals surface area (Å²) in [5.41, 5.74) is 3.31. The minimum absolute atomic E-state index is 0.0498. The Kier molecular flexibility index (Phi) is 6.72. The molecule has 2 aromatic rings. The Morgan fingerprint density at radius 1 is 1.20 bits per heavy atom. The van der Waals surface area contributed by atoms with Crippen molar-refractivity contribution >= 4 is 23.3 Å². The molecule has 0 radical (unpaired) electrons. The average Bonchev–Trinajstić information content (AvgIpc) is 3.28. The number of hydrogen-bond donors (Lipinski definition) is 0. The summed E-state index contributed by atoms with van der Waals surface area (Å²) in [5, 5.41) is 0. The lowest BCUT2D eigenvalue weighted by Gasteiger charge is -2.17. The number of ether oxygens (including phenoxy) is 2. The maximum Gasteiger partial charge on any atom is 0.338 e. The van der Waals surface area contributed by atoms with Crippen LogP contribution in [0.2, 0.25) is 0 Å². The van der Waals surface area contributed by atoms with E-state index in [4.69, 9.17) is 9.47 Å². The zero-order chi connectivity index (χ0) is 21.8. The van der Waals surface area contributed by atoms with Crippen LogP contribution in [0.1, 0.15) is 57.9 Å². The van der Waals surface area contributed by atoms with Crippen molar-refractivity contribution < 1.29 is 23.9 Å². The minimum atomic E-state index is -0.585. The predicted molar refractivity (Wildman–Crippen MR) is 113 cm³/mol. The summed E-state index contributed by atoms with van der Waals surface area (Å²) in [7, 11) is 1.64. The lowest BCUT2D eigenvalue weighted by atomic mass is 10.1. The molecule has 0 spiro atoms. The van der Waals surface area contributed by atoms with E-state index in [1.165, 1.54) is 0 Å². The molecule has 0 saturated carbocycles. The van der Waals surface area contributed by atoms with Gasteiger partial charge in [-0.1, -0.05) is 6.07 Å². The van der Waals surface area contributed by atoms with Gasteiger partial charge in [-0.05, 0) is 51.5 Å². The number of ketones is 1. The lowest BCUT2D eigenvalue weighted by molar-refractivity contribution is -0.117. The number of methoxy groups -OCH3 is 1. The largest absolute Gasteiger partial charge is 0.454 e. The lowest BCUT2D eigenvalue weighted by Crippen LogP contribution is -2.24. The highest BCUT2D eigenvalue weighted by Gasteiger charge is 2.23. The van der Waals surface area contributed by atoms with Crippen LogP contribution in [-0.2, 0) is 14.3 Å². The molecule has 0 aliphatic carbocycles. The number of Topliss-reactive ketones (excluding diaryl/α,β-unsaturated/α-hetero) is 1. The fourth-order valence-corrected chi connectivity index (χ4v) is 4.07. The number of benzene rings is 1. The van der Waals surface area contributed by atoms with Crippen LogP contribution in [0.25, 0.3) is 0 Å². The third kappa shape index (κ3) is 4.46. The molecule has 1 aliphatic heterocycles. The second-order valence-electron chi connectivity index (χ2n) is 7.66. The van der Waals surface area contributed by atoms with E-state index in [9.17, 15) is 14.4 Å². The van der Waals surface area contributed by atoms with Crippen LogP contribution >= 0.6 is 0 Å². The molecule has 2 heterocycles. The number of nitrogens with zero attached hydrogens (tertiary/aromatic N) is 2. The van der Waals surface area contributed by atoms with Gasteiger partial charge < -0.3 is 18.9 Å². The van der Waals surface area contributed by atoms with Crippen molar-refractivity contribution in [1.29, 1.82) is 0 Å². The Labute approximate surface area is 176 Å². The standard InChI is InChI=1S/C23H28N2O5/c1-15-11-20(17(3)25(15)16(2)13-29-4)21(26)14-30-23(28)18-7-5-8-19(12-18)24-10-6-9-22(24)27/h5,7-8,11-12,16H,6,9-10,13-14H2,1-4H3. The Morgan fingerprint density at radius 3 is 2.63 bits per heavy atom. The van der Waals surface area contributed by atoms with Crippen molar-refractivity contribution in [3.63, 3.8) is 0 Å². The van der Waals surface area contributed by atoms with Crippen LogP contribution in [-0.4, -0.2) is 49.1 Å². The van der Waals surface area contributed by atoms with Crippen LogP contribution < -0.4 is 4.90 Å². The monoisotopic (exact) mass is 412 g/mol. The number of rotatable bonds is 8. The maximum atomic E-state index is 12.7. The fourth-order valence-electron chi connectivity index (χ4n) is 4.07. The van der Waals surface area contributed by atoms with Gasteiger partial charge in [0.1, 0.15) is 0 Å². The van der Waals surface area contributed by atoms with E-state index in [2.05, 4.69) is 4.57 Å². The maximum absolute atomic E-state index is 12.7. The molecule has 7 heteroatoms. The van der Waals surface area contributed by atoms with Crippen molar-refractivity contribution in [3.05, 3.63) is 52.8 Å². The number of hydrogen-bond acceptors (Lipinski definition) is 5. The number of anilines is 1. The Bertz CT molecular complexity index is 962. The number of carbonyl (C=O) groups excluding carboxylic acids is 3. The minimum Gasteiger partial charge on any atom is -0.454 e. The van der Waals surface area contributed by atoms with Crippen LogP contribution in [0, 0.1) is 13.8 Å². The molecule has 160 valence electrons. The molecule has 30 heavy (non-hydrogen) atoms. The van der Waals surface area contributed by atoms with Crippen molar-refractivity contribution in [1.82, 2.24) is 4.57 Å². The Morgan fingerprint density at radius 2 is 1.97 bits per heavy atom. The first-order valence-electron chi connectivity index (χ1n) is 10.1. The van der Waals surface area contributed by atoms with Crippen LogP contribution in [0.3, 0.4) is 0 Å². The highest BCUT2D eigenvalue weighted by atomic mass is 16.5. The smallest absolute Gasteiger partial charge is 0.338 e. The zero-order valence-corrected chi connectivity index (χ0v) is 17.9. The van der Waals surface area contributed by atoms with E-state index in [-0.39, 0.29) is 24.3 Å². The van der Waals surface area contributed by atoms with Crippen LogP contribution in [0.4, 0.5) is 5.69 Å². The summed E-state index contributed by atoms with van der Waals surface area (Å²) in [6, 6.07) is 8.67. The van der Waals surface area contributed by atoms with Crippen molar-refractivity contribution in [2.24, 2.45) is 0 Å². The van der Waals surface area contributed by atoms with Gasteiger partial charge in [-0.25, -0.2) is 4.79 Å².